The van der Waals surface area contributed by atoms with Crippen molar-refractivity contribution in [2.45, 2.75) is 12.3 Å². The Morgan fingerprint density at radius 1 is 1.14 bits per heavy atom. The average Bonchev–Trinajstić information content (AvgIpc) is 2.72. The lowest BCUT2D eigenvalue weighted by Crippen LogP contribution is -2.24. The third-order valence-electron chi connectivity index (χ3n) is 4.51. The standard InChI is InChI=1S/C20H20N2O6/c1-26-14-8-7-12(10-15(14)27-2)13(11-17(23)28-3)18-19(24)21-16-6-4-5-9-22(16)20(18)25/h4-10,13,24H,11H2,1-3H3/t13-/m1/s1. The number of aromatic hydroxyl groups is 1. The van der Waals surface area contributed by atoms with E-state index in [2.05, 4.69) is 4.98 Å². The highest BCUT2D eigenvalue weighted by Gasteiger charge is 2.27. The molecule has 1 N–H and O–H groups in total. The lowest BCUT2D eigenvalue weighted by atomic mass is 9.89. The highest BCUT2D eigenvalue weighted by molar-refractivity contribution is 5.71. The third-order valence-corrected chi connectivity index (χ3v) is 4.51. The first-order valence-corrected chi connectivity index (χ1v) is 8.49. The summed E-state index contributed by atoms with van der Waals surface area (Å²) in [6.07, 6.45) is 1.40. The SMILES string of the molecule is COC(=O)C[C@H](c1ccc(OC)c(OC)c1)c1c(O)nc2ccccn2c1=O. The number of pyridine rings is 1. The molecule has 0 saturated carbocycles. The van der Waals surface area contributed by atoms with Gasteiger partial charge in [-0.2, -0.15) is 4.98 Å². The van der Waals surface area contributed by atoms with Crippen LogP contribution in [0.25, 0.3) is 5.65 Å². The molecule has 1 aromatic carbocycles. The summed E-state index contributed by atoms with van der Waals surface area (Å²) in [4.78, 5) is 29.2. The molecule has 0 saturated heterocycles. The van der Waals surface area contributed by atoms with Crippen LogP contribution >= 0.6 is 0 Å². The largest absolute Gasteiger partial charge is 0.493 e. The van der Waals surface area contributed by atoms with Gasteiger partial charge in [0.25, 0.3) is 5.56 Å². The van der Waals surface area contributed by atoms with Gasteiger partial charge in [-0.3, -0.25) is 14.0 Å². The van der Waals surface area contributed by atoms with E-state index in [1.165, 1.54) is 25.7 Å². The fourth-order valence-electron chi connectivity index (χ4n) is 3.10. The molecular formula is C20H20N2O6. The van der Waals surface area contributed by atoms with Crippen LogP contribution in [0.5, 0.6) is 17.4 Å². The Balaban J connectivity index is 2.23. The van der Waals surface area contributed by atoms with Crippen LogP contribution in [0.15, 0.2) is 47.4 Å². The topological polar surface area (TPSA) is 99.4 Å². The lowest BCUT2D eigenvalue weighted by molar-refractivity contribution is -0.140. The monoisotopic (exact) mass is 384 g/mol. The number of methoxy groups -OCH3 is 3. The van der Waals surface area contributed by atoms with Crippen molar-refractivity contribution in [3.05, 3.63) is 64.1 Å². The maximum atomic E-state index is 13.1. The fourth-order valence-corrected chi connectivity index (χ4v) is 3.10. The molecule has 28 heavy (non-hydrogen) atoms. The molecule has 2 heterocycles. The number of hydrogen-bond acceptors (Lipinski definition) is 7. The van der Waals surface area contributed by atoms with Gasteiger partial charge in [-0.25, -0.2) is 0 Å². The van der Waals surface area contributed by atoms with E-state index < -0.39 is 23.3 Å². The van der Waals surface area contributed by atoms with Crippen molar-refractivity contribution in [3.63, 3.8) is 0 Å². The van der Waals surface area contributed by atoms with Crippen LogP contribution in [0.3, 0.4) is 0 Å². The summed E-state index contributed by atoms with van der Waals surface area (Å²) in [5.74, 6) is -0.815. The van der Waals surface area contributed by atoms with E-state index >= 15 is 0 Å². The summed E-state index contributed by atoms with van der Waals surface area (Å²) < 4.78 is 16.7. The van der Waals surface area contributed by atoms with Gasteiger partial charge in [0, 0.05) is 12.1 Å². The van der Waals surface area contributed by atoms with Gasteiger partial charge in [0.2, 0.25) is 5.88 Å². The molecule has 8 nitrogen and oxygen atoms in total. The molecule has 0 spiro atoms. The van der Waals surface area contributed by atoms with E-state index in [9.17, 15) is 14.7 Å². The number of nitrogens with zero attached hydrogens (tertiary/aromatic N) is 2. The molecule has 3 aromatic rings. The van der Waals surface area contributed by atoms with E-state index in [-0.39, 0.29) is 12.0 Å². The quantitative estimate of drug-likeness (QED) is 0.650. The van der Waals surface area contributed by atoms with Crippen molar-refractivity contribution in [3.8, 4) is 17.4 Å². The van der Waals surface area contributed by atoms with Crippen molar-refractivity contribution < 1.29 is 24.1 Å². The number of ether oxygens (including phenoxy) is 3. The molecule has 146 valence electrons. The summed E-state index contributed by atoms with van der Waals surface area (Å²) in [5, 5.41) is 10.5. The number of hydrogen-bond donors (Lipinski definition) is 1. The minimum absolute atomic E-state index is 0.00122. The predicted molar refractivity (Wildman–Crippen MR) is 101 cm³/mol. The van der Waals surface area contributed by atoms with Gasteiger partial charge in [-0.15, -0.1) is 0 Å². The second-order valence-electron chi connectivity index (χ2n) is 6.03. The molecule has 0 amide bonds. The molecule has 2 aromatic heterocycles. The number of carbonyl (C=O) groups is 1. The van der Waals surface area contributed by atoms with Crippen molar-refractivity contribution in [1.82, 2.24) is 9.38 Å². The van der Waals surface area contributed by atoms with Crippen LogP contribution < -0.4 is 15.0 Å². The first kappa shape index (κ1) is 19.2. The van der Waals surface area contributed by atoms with Crippen molar-refractivity contribution in [2.75, 3.05) is 21.3 Å². The number of aromatic nitrogens is 2. The van der Waals surface area contributed by atoms with E-state index in [1.807, 2.05) is 0 Å². The van der Waals surface area contributed by atoms with Gasteiger partial charge in [-0.1, -0.05) is 12.1 Å². The number of rotatable bonds is 6. The number of benzene rings is 1. The van der Waals surface area contributed by atoms with Crippen LogP contribution in [0.2, 0.25) is 0 Å². The molecule has 1 atom stereocenters. The highest BCUT2D eigenvalue weighted by atomic mass is 16.5. The molecule has 0 fully saturated rings. The molecule has 0 aliphatic rings. The zero-order valence-electron chi connectivity index (χ0n) is 15.7. The van der Waals surface area contributed by atoms with Crippen LogP contribution in [-0.4, -0.2) is 41.8 Å². The molecule has 8 heteroatoms. The summed E-state index contributed by atoms with van der Waals surface area (Å²) >= 11 is 0. The van der Waals surface area contributed by atoms with Gasteiger partial charge in [0.05, 0.1) is 33.3 Å². The maximum absolute atomic E-state index is 13.1. The third kappa shape index (κ3) is 3.48. The minimum atomic E-state index is -0.788. The lowest BCUT2D eigenvalue weighted by Gasteiger charge is -2.19. The zero-order valence-corrected chi connectivity index (χ0v) is 15.7. The predicted octanol–water partition coefficient (Wildman–Crippen LogP) is 2.11. The Labute approximate surface area is 160 Å². The second kappa shape index (κ2) is 7.99. The van der Waals surface area contributed by atoms with Crippen LogP contribution in [0.1, 0.15) is 23.5 Å². The van der Waals surface area contributed by atoms with Crippen molar-refractivity contribution >= 4 is 11.6 Å². The number of carbonyl (C=O) groups excluding carboxylic acids is 1. The first-order valence-electron chi connectivity index (χ1n) is 8.49. The fraction of sp³-hybridized carbons (Fsp3) is 0.250. The average molecular weight is 384 g/mol. The molecule has 0 unspecified atom stereocenters. The van der Waals surface area contributed by atoms with E-state index in [1.54, 1.807) is 42.6 Å². The first-order chi connectivity index (χ1) is 13.5. The van der Waals surface area contributed by atoms with Crippen LogP contribution in [0.4, 0.5) is 0 Å². The van der Waals surface area contributed by atoms with Gasteiger partial charge in [-0.05, 0) is 29.8 Å². The second-order valence-corrected chi connectivity index (χ2v) is 6.03. The van der Waals surface area contributed by atoms with E-state index in [0.717, 1.165) is 0 Å². The Kier molecular flexibility index (Phi) is 5.49. The Hall–Kier alpha value is -3.55. The van der Waals surface area contributed by atoms with Gasteiger partial charge >= 0.3 is 5.97 Å². The van der Waals surface area contributed by atoms with Gasteiger partial charge in [0.1, 0.15) is 5.65 Å². The molecule has 0 aliphatic carbocycles. The van der Waals surface area contributed by atoms with E-state index in [4.69, 9.17) is 14.2 Å². The van der Waals surface area contributed by atoms with Gasteiger partial charge < -0.3 is 19.3 Å². The summed E-state index contributed by atoms with van der Waals surface area (Å²) in [6.45, 7) is 0. The van der Waals surface area contributed by atoms with Crippen molar-refractivity contribution in [1.29, 1.82) is 0 Å². The Bertz CT molecular complexity index is 1080. The molecule has 0 radical (unpaired) electrons. The molecule has 0 bridgehead atoms. The van der Waals surface area contributed by atoms with E-state index in [0.29, 0.717) is 22.7 Å². The summed E-state index contributed by atoms with van der Waals surface area (Å²) in [5.41, 5.74) is 0.416. The number of fused-ring (bicyclic) bond motifs is 1. The van der Waals surface area contributed by atoms with Gasteiger partial charge in [0.15, 0.2) is 11.5 Å². The smallest absolute Gasteiger partial charge is 0.306 e. The zero-order chi connectivity index (χ0) is 20.3. The molecular weight excluding hydrogens is 364 g/mol. The van der Waals surface area contributed by atoms with Crippen molar-refractivity contribution in [2.24, 2.45) is 0 Å². The summed E-state index contributed by atoms with van der Waals surface area (Å²) in [7, 11) is 4.26. The Morgan fingerprint density at radius 2 is 1.89 bits per heavy atom. The highest BCUT2D eigenvalue weighted by Crippen LogP contribution is 2.36. The van der Waals surface area contributed by atoms with Crippen LogP contribution in [-0.2, 0) is 9.53 Å². The molecule has 0 aliphatic heterocycles. The maximum Gasteiger partial charge on any atom is 0.306 e. The summed E-state index contributed by atoms with van der Waals surface area (Å²) in [6, 6.07) is 10.0. The molecule has 3 rings (SSSR count). The minimum Gasteiger partial charge on any atom is -0.493 e. The van der Waals surface area contributed by atoms with Crippen LogP contribution in [0, 0.1) is 0 Å². The normalized spacial score (nSPS) is 11.8. The Morgan fingerprint density at radius 3 is 2.57 bits per heavy atom. The number of esters is 1.